The second-order valence-electron chi connectivity index (χ2n) is 7.58. The zero-order chi connectivity index (χ0) is 24.0. The Balaban J connectivity index is 1.90. The number of nitrogens with zero attached hydrogens (tertiary/aromatic N) is 2. The zero-order valence-electron chi connectivity index (χ0n) is 18.3. The first-order chi connectivity index (χ1) is 16.5. The van der Waals surface area contributed by atoms with Gasteiger partial charge in [0.15, 0.2) is 5.69 Å². The fourth-order valence-electron chi connectivity index (χ4n) is 4.61. The van der Waals surface area contributed by atoms with Gasteiger partial charge >= 0.3 is 11.9 Å². The van der Waals surface area contributed by atoms with Crippen molar-refractivity contribution in [1.82, 2.24) is 10.2 Å². The first-order valence-electron chi connectivity index (χ1n) is 10.5. The van der Waals surface area contributed by atoms with E-state index < -0.39 is 23.3 Å². The van der Waals surface area contributed by atoms with Crippen molar-refractivity contribution < 1.29 is 28.6 Å². The van der Waals surface area contributed by atoms with Gasteiger partial charge in [-0.1, -0.05) is 36.4 Å². The molecule has 3 N–H and O–H groups in total. The van der Waals surface area contributed by atoms with Crippen molar-refractivity contribution in [2.24, 2.45) is 5.73 Å². The number of fused-ring (bicyclic) bond motifs is 4. The van der Waals surface area contributed by atoms with Gasteiger partial charge in [0.2, 0.25) is 11.8 Å². The monoisotopic (exact) mass is 460 g/mol. The Labute approximate surface area is 193 Å². The van der Waals surface area contributed by atoms with Crippen molar-refractivity contribution in [3.63, 3.8) is 0 Å². The average molecular weight is 460 g/mol. The van der Waals surface area contributed by atoms with E-state index >= 15 is 0 Å². The smallest absolute Gasteiger partial charge is 0.356 e. The van der Waals surface area contributed by atoms with Gasteiger partial charge in [-0.25, -0.2) is 9.59 Å². The molecule has 3 heterocycles. The summed E-state index contributed by atoms with van der Waals surface area (Å²) in [5, 5.41) is 6.64. The van der Waals surface area contributed by atoms with Gasteiger partial charge in [0.25, 0.3) is 5.91 Å². The maximum absolute atomic E-state index is 14.5. The second-order valence-corrected chi connectivity index (χ2v) is 7.58. The summed E-state index contributed by atoms with van der Waals surface area (Å²) in [5.74, 6) is -2.62. The van der Waals surface area contributed by atoms with Crippen LogP contribution in [0.1, 0.15) is 28.5 Å². The molecule has 0 bridgehead atoms. The van der Waals surface area contributed by atoms with Gasteiger partial charge in [-0.05, 0) is 25.1 Å². The highest BCUT2D eigenvalue weighted by atomic mass is 16.5. The van der Waals surface area contributed by atoms with Gasteiger partial charge in [-0.2, -0.15) is 0 Å². The second kappa shape index (κ2) is 7.77. The number of aromatic amines is 1. The van der Waals surface area contributed by atoms with Crippen LogP contribution in [0.3, 0.4) is 0 Å². The molecule has 0 fully saturated rings. The molecule has 1 unspecified atom stereocenters. The van der Waals surface area contributed by atoms with Gasteiger partial charge < -0.3 is 19.9 Å². The lowest BCUT2D eigenvalue weighted by Gasteiger charge is -2.34. The van der Waals surface area contributed by atoms with Gasteiger partial charge in [0, 0.05) is 11.3 Å². The quantitative estimate of drug-likeness (QED) is 0.566. The minimum atomic E-state index is -1.87. The number of ether oxygens (including phenoxy) is 3. The number of hydrogen-bond acceptors (Lipinski definition) is 8. The van der Waals surface area contributed by atoms with Crippen LogP contribution >= 0.6 is 0 Å². The van der Waals surface area contributed by atoms with E-state index in [2.05, 4.69) is 10.2 Å². The van der Waals surface area contributed by atoms with E-state index in [-0.39, 0.29) is 35.2 Å². The minimum Gasteiger partial charge on any atom is -0.464 e. The Kier molecular flexibility index (Phi) is 4.85. The number of H-pyrrole nitrogens is 1. The van der Waals surface area contributed by atoms with Gasteiger partial charge in [0.1, 0.15) is 11.0 Å². The minimum absolute atomic E-state index is 0.0338. The number of amides is 1. The summed E-state index contributed by atoms with van der Waals surface area (Å²) in [6.45, 7) is 1.67. The third kappa shape index (κ3) is 2.68. The molecule has 34 heavy (non-hydrogen) atoms. The number of benzene rings is 2. The third-order valence-corrected chi connectivity index (χ3v) is 5.89. The molecule has 0 saturated heterocycles. The summed E-state index contributed by atoms with van der Waals surface area (Å²) < 4.78 is 15.8. The molecule has 0 aliphatic carbocycles. The van der Waals surface area contributed by atoms with Gasteiger partial charge in [-0.3, -0.25) is 14.8 Å². The van der Waals surface area contributed by atoms with E-state index in [1.165, 1.54) is 12.0 Å². The van der Waals surface area contributed by atoms with Crippen molar-refractivity contribution in [2.45, 2.75) is 12.3 Å². The van der Waals surface area contributed by atoms with Crippen LogP contribution in [0.25, 0.3) is 0 Å². The van der Waals surface area contributed by atoms with Crippen LogP contribution in [0, 0.1) is 0 Å². The molecule has 1 spiro atoms. The van der Waals surface area contributed by atoms with Crippen LogP contribution in [0.2, 0.25) is 0 Å². The molecular formula is C24H20N4O6. The van der Waals surface area contributed by atoms with Crippen LogP contribution in [-0.2, 0) is 24.5 Å². The molecule has 2 aliphatic heterocycles. The highest BCUT2D eigenvalue weighted by Gasteiger charge is 2.63. The predicted molar refractivity (Wildman–Crippen MR) is 119 cm³/mol. The Bertz CT molecular complexity index is 1360. The Morgan fingerprint density at radius 2 is 1.82 bits per heavy atom. The van der Waals surface area contributed by atoms with Crippen molar-refractivity contribution in [3.05, 3.63) is 82.9 Å². The van der Waals surface area contributed by atoms with Crippen molar-refractivity contribution in [2.75, 3.05) is 18.6 Å². The third-order valence-electron chi connectivity index (χ3n) is 5.89. The summed E-state index contributed by atoms with van der Waals surface area (Å²) in [6.07, 6.45) is 0. The Morgan fingerprint density at radius 3 is 2.53 bits per heavy atom. The van der Waals surface area contributed by atoms with Crippen LogP contribution in [0.5, 0.6) is 5.88 Å². The molecule has 2 aliphatic rings. The van der Waals surface area contributed by atoms with E-state index in [9.17, 15) is 14.4 Å². The Morgan fingerprint density at radius 1 is 1.12 bits per heavy atom. The molecule has 10 heteroatoms. The largest absolute Gasteiger partial charge is 0.464 e. The summed E-state index contributed by atoms with van der Waals surface area (Å²) >= 11 is 0. The topological polar surface area (TPSA) is 137 Å². The molecule has 0 radical (unpaired) electrons. The van der Waals surface area contributed by atoms with Crippen LogP contribution in [0.4, 0.5) is 11.4 Å². The van der Waals surface area contributed by atoms with Crippen LogP contribution in [0.15, 0.2) is 66.1 Å². The SMILES string of the molecule is CCOC(=O)C1=C(N)Oc2n[nH]c(C(=O)OC)c2C12C(=O)N(c1ccccc1)c1ccccc12. The number of carbonyl (C=O) groups excluding carboxylic acids is 3. The van der Waals surface area contributed by atoms with E-state index in [4.69, 9.17) is 19.9 Å². The lowest BCUT2D eigenvalue weighted by Crippen LogP contribution is -2.48. The average Bonchev–Trinajstić information content (AvgIpc) is 3.37. The summed E-state index contributed by atoms with van der Waals surface area (Å²) in [7, 11) is 1.20. The maximum atomic E-state index is 14.5. The molecule has 172 valence electrons. The maximum Gasteiger partial charge on any atom is 0.356 e. The van der Waals surface area contributed by atoms with E-state index in [1.807, 2.05) is 6.07 Å². The number of methoxy groups -OCH3 is 1. The normalized spacial score (nSPS) is 18.4. The molecule has 1 atom stereocenters. The summed E-state index contributed by atoms with van der Waals surface area (Å²) in [6, 6.07) is 15.9. The van der Waals surface area contributed by atoms with Crippen LogP contribution < -0.4 is 15.4 Å². The lowest BCUT2D eigenvalue weighted by atomic mass is 9.68. The number of hydrogen-bond donors (Lipinski definition) is 2. The van der Waals surface area contributed by atoms with Gasteiger partial charge in [-0.15, -0.1) is 5.10 Å². The summed E-state index contributed by atoms with van der Waals surface area (Å²) in [4.78, 5) is 42.0. The Hall–Kier alpha value is -4.60. The molecule has 5 rings (SSSR count). The van der Waals surface area contributed by atoms with Crippen LogP contribution in [-0.4, -0.2) is 41.8 Å². The molecule has 10 nitrogen and oxygen atoms in total. The zero-order valence-corrected chi connectivity index (χ0v) is 18.3. The van der Waals surface area contributed by atoms with E-state index in [1.54, 1.807) is 55.5 Å². The number of para-hydroxylation sites is 2. The number of anilines is 2. The number of nitrogens with one attached hydrogen (secondary N) is 1. The lowest BCUT2D eigenvalue weighted by molar-refractivity contribution is -0.140. The molecule has 2 aromatic carbocycles. The summed E-state index contributed by atoms with van der Waals surface area (Å²) in [5.41, 5.74) is 5.52. The number of rotatable bonds is 4. The van der Waals surface area contributed by atoms with Crippen molar-refractivity contribution in [3.8, 4) is 5.88 Å². The van der Waals surface area contributed by atoms with E-state index in [0.29, 0.717) is 16.9 Å². The molecule has 1 amide bonds. The fraction of sp³-hybridized carbons (Fsp3) is 0.167. The molecule has 1 aromatic heterocycles. The number of aromatic nitrogens is 2. The molecule has 3 aromatic rings. The highest BCUT2D eigenvalue weighted by Crippen LogP contribution is 2.57. The molecular weight excluding hydrogens is 440 g/mol. The first kappa shape index (κ1) is 21.3. The standard InChI is InChI=1S/C24H20N4O6/c1-3-33-21(29)17-19(25)34-20-16(18(26-27-20)22(30)32-2)24(17)14-11-7-8-12-15(14)28(23(24)31)13-9-5-4-6-10-13/h4-12H,3,25H2,1-2H3,(H,26,27). The first-order valence-corrected chi connectivity index (χ1v) is 10.5. The predicted octanol–water partition coefficient (Wildman–Crippen LogP) is 2.29. The van der Waals surface area contributed by atoms with Crippen molar-refractivity contribution in [1.29, 1.82) is 0 Å². The van der Waals surface area contributed by atoms with Crippen molar-refractivity contribution >= 4 is 29.2 Å². The number of esters is 2. The number of carbonyl (C=O) groups is 3. The highest BCUT2D eigenvalue weighted by molar-refractivity contribution is 6.22. The number of nitrogens with two attached hydrogens (primary N) is 1. The van der Waals surface area contributed by atoms with Gasteiger partial charge in [0.05, 0.1) is 25.0 Å². The fourth-order valence-corrected chi connectivity index (χ4v) is 4.61. The van der Waals surface area contributed by atoms with E-state index in [0.717, 1.165) is 0 Å². The molecule has 0 saturated carbocycles.